The highest BCUT2D eigenvalue weighted by molar-refractivity contribution is 7.94. The number of hydrogen-bond donors (Lipinski definition) is 9. The summed E-state index contributed by atoms with van der Waals surface area (Å²) in [6.07, 6.45) is -2.10. The topological polar surface area (TPSA) is 433 Å². The number of aryl methyl sites for hydroxylation is 1. The van der Waals surface area contributed by atoms with Crippen LogP contribution in [0.4, 0.5) is 75.8 Å². The van der Waals surface area contributed by atoms with Gasteiger partial charge in [0.15, 0.2) is 9.84 Å². The maximum absolute atomic E-state index is 14.9. The summed E-state index contributed by atoms with van der Waals surface area (Å²) in [6, 6.07) is 17.9. The molecular weight excluding hydrogens is 1110 g/mol. The van der Waals surface area contributed by atoms with Crippen molar-refractivity contribution in [3.8, 4) is 0 Å². The smallest absolute Gasteiger partial charge is 0.316 e. The Labute approximate surface area is 453 Å². The van der Waals surface area contributed by atoms with E-state index in [-0.39, 0.29) is 101 Å². The summed E-state index contributed by atoms with van der Waals surface area (Å²) in [6.45, 7) is 4.95. The molecule has 0 radical (unpaired) electrons. The van der Waals surface area contributed by atoms with E-state index in [1.165, 1.54) is 54.6 Å². The van der Waals surface area contributed by atoms with Crippen molar-refractivity contribution in [2.45, 2.75) is 54.9 Å². The molecule has 7 rings (SSSR count). The van der Waals surface area contributed by atoms with Crippen molar-refractivity contribution in [2.24, 2.45) is 31.9 Å². The third-order valence-corrected chi connectivity index (χ3v) is 14.1. The Morgan fingerprint density at radius 2 is 1.31 bits per heavy atom. The van der Waals surface area contributed by atoms with Gasteiger partial charge in [0.1, 0.15) is 38.5 Å². The van der Waals surface area contributed by atoms with Gasteiger partial charge < -0.3 is 38.1 Å². The number of halogens is 2. The minimum absolute atomic E-state index is 0.0170. The minimum atomic E-state index is -4.97. The molecule has 2 heterocycles. The third kappa shape index (κ3) is 16.5. The van der Waals surface area contributed by atoms with Crippen molar-refractivity contribution in [2.75, 3.05) is 32.3 Å². The Kier molecular flexibility index (Phi) is 18.1. The van der Waals surface area contributed by atoms with Crippen molar-refractivity contribution in [1.29, 1.82) is 0 Å². The van der Waals surface area contributed by atoms with E-state index in [1.54, 1.807) is 25.1 Å². The number of azo groups is 2. The summed E-state index contributed by atoms with van der Waals surface area (Å²) in [7, 11) is -13.2. The third-order valence-electron chi connectivity index (χ3n) is 10.9. The zero-order valence-electron chi connectivity index (χ0n) is 41.4. The molecule has 5 aromatic carbocycles. The van der Waals surface area contributed by atoms with E-state index in [1.807, 2.05) is 0 Å². The zero-order valence-corrected chi connectivity index (χ0v) is 43.9. The van der Waals surface area contributed by atoms with Gasteiger partial charge in [0.05, 0.1) is 22.8 Å². The van der Waals surface area contributed by atoms with E-state index in [0.29, 0.717) is 16.9 Å². The van der Waals surface area contributed by atoms with E-state index in [4.69, 9.17) is 11.5 Å². The molecule has 0 aliphatic rings. The van der Waals surface area contributed by atoms with Crippen LogP contribution in [0.5, 0.6) is 0 Å². The summed E-state index contributed by atoms with van der Waals surface area (Å²) in [5, 5.41) is 30.2. The first kappa shape index (κ1) is 58.2. The molecular formula is C47H45F2N17O11S3. The number of urea groups is 2. The Balaban J connectivity index is 0.997. The van der Waals surface area contributed by atoms with Gasteiger partial charge in [0.25, 0.3) is 20.2 Å². The van der Waals surface area contributed by atoms with Crippen LogP contribution in [0, 0.1) is 12.2 Å². The second kappa shape index (κ2) is 24.9. The van der Waals surface area contributed by atoms with Crippen molar-refractivity contribution < 1.29 is 57.5 Å². The van der Waals surface area contributed by atoms with Gasteiger partial charge in [-0.15, -0.1) is 15.3 Å². The molecule has 0 bridgehead atoms. The summed E-state index contributed by atoms with van der Waals surface area (Å²) in [5.41, 5.74) is 11.6. The van der Waals surface area contributed by atoms with Crippen molar-refractivity contribution in [3.05, 3.63) is 132 Å². The maximum Gasteiger partial charge on any atom is 0.316 e. The van der Waals surface area contributed by atoms with E-state index >= 15 is 0 Å². The van der Waals surface area contributed by atoms with Gasteiger partial charge in [0, 0.05) is 47.5 Å². The fourth-order valence-corrected chi connectivity index (χ4v) is 9.43. The van der Waals surface area contributed by atoms with Gasteiger partial charge in [-0.1, -0.05) is 30.8 Å². The molecule has 1 atom stereocenters. The van der Waals surface area contributed by atoms with Gasteiger partial charge in [-0.3, -0.25) is 13.9 Å². The molecule has 7 aromatic rings. The van der Waals surface area contributed by atoms with Crippen LogP contribution < -0.4 is 38.1 Å². The van der Waals surface area contributed by atoms with Crippen molar-refractivity contribution >= 4 is 116 Å². The van der Waals surface area contributed by atoms with Gasteiger partial charge in [-0.2, -0.15) is 55.7 Å². The van der Waals surface area contributed by atoms with Crippen LogP contribution >= 0.6 is 0 Å². The quantitative estimate of drug-likeness (QED) is 0.0217. The lowest BCUT2D eigenvalue weighted by molar-refractivity contribution is -0.116. The number of fused-ring (bicyclic) bond motifs is 1. The number of primary amides is 2. The molecule has 1 unspecified atom stereocenters. The van der Waals surface area contributed by atoms with Crippen LogP contribution in [-0.2, 0) is 47.7 Å². The summed E-state index contributed by atoms with van der Waals surface area (Å²) >= 11 is 0. The summed E-state index contributed by atoms with van der Waals surface area (Å²) in [4.78, 5) is 58.6. The van der Waals surface area contributed by atoms with E-state index in [0.717, 1.165) is 23.6 Å². The highest BCUT2D eigenvalue weighted by Gasteiger charge is 2.22. The molecule has 5 amide bonds. The molecule has 416 valence electrons. The van der Waals surface area contributed by atoms with Crippen LogP contribution in [0.25, 0.3) is 10.8 Å². The number of nitrogens with two attached hydrogens (primary N) is 2. The number of nitrogens with zero attached hydrogens (tertiary/aromatic N) is 10. The largest absolute Gasteiger partial charge is 0.352 e. The molecule has 11 N–H and O–H groups in total. The molecule has 28 nitrogen and oxygen atoms in total. The number of benzene rings is 5. The normalized spacial score (nSPS) is 12.3. The molecule has 0 aliphatic carbocycles. The van der Waals surface area contributed by atoms with Crippen LogP contribution in [0.2, 0.25) is 0 Å². The monoisotopic (exact) mass is 1160 g/mol. The molecule has 0 saturated carbocycles. The van der Waals surface area contributed by atoms with E-state index < -0.39 is 81.7 Å². The predicted molar refractivity (Wildman–Crippen MR) is 287 cm³/mol. The predicted octanol–water partition coefficient (Wildman–Crippen LogP) is 7.84. The van der Waals surface area contributed by atoms with E-state index in [2.05, 4.69) is 83.5 Å². The summed E-state index contributed by atoms with van der Waals surface area (Å²) in [5.74, 6) is -1.11. The molecule has 33 heteroatoms. The average molecular weight is 1160 g/mol. The first-order chi connectivity index (χ1) is 37.8. The van der Waals surface area contributed by atoms with Crippen molar-refractivity contribution in [1.82, 2.24) is 29.9 Å². The second-order valence-electron chi connectivity index (χ2n) is 17.0. The molecule has 0 fully saturated rings. The summed E-state index contributed by atoms with van der Waals surface area (Å²) < 4.78 is 121. The van der Waals surface area contributed by atoms with Gasteiger partial charge >= 0.3 is 24.2 Å². The lowest BCUT2D eigenvalue weighted by Gasteiger charge is -2.14. The van der Waals surface area contributed by atoms with E-state index in [9.17, 15) is 57.5 Å². The van der Waals surface area contributed by atoms with Crippen LogP contribution in [-0.4, -0.2) is 94.0 Å². The van der Waals surface area contributed by atoms with Gasteiger partial charge in [-0.25, -0.2) is 23.0 Å². The molecule has 80 heavy (non-hydrogen) atoms. The number of rotatable bonds is 23. The number of carbonyl (C=O) groups excluding carboxylic acids is 3. The number of amides is 5. The van der Waals surface area contributed by atoms with Crippen LogP contribution in [0.3, 0.4) is 0 Å². The first-order valence-corrected chi connectivity index (χ1v) is 27.7. The molecule has 2 aromatic heterocycles. The highest BCUT2D eigenvalue weighted by Crippen LogP contribution is 2.36. The number of aromatic nitrogens is 6. The van der Waals surface area contributed by atoms with Crippen LogP contribution in [0.15, 0.2) is 133 Å². The van der Waals surface area contributed by atoms with Gasteiger partial charge in [-0.05, 0) is 97.4 Å². The highest BCUT2D eigenvalue weighted by atomic mass is 32.2. The molecule has 0 spiro atoms. The number of hydrogen-bond acceptors (Lipinski definition) is 21. The second-order valence-corrected chi connectivity index (χ2v) is 21.9. The SMILES string of the molecule is C=CS(=O)(=O)CCCC(=O)Nc1cccc(N=Nc2ccc(Nc3nc(F)nc(NC(C)CCc4nc(F)nc(Cc5ccc(N=Nc6cc7c(S(=O)(=O)O)cccc7cc6S(=O)(=O)O)c(NC(N)=O)c5)n4)n3)cc2NC(N)=O)c1. The zero-order chi connectivity index (χ0) is 57.9. The average Bonchev–Trinajstić information content (AvgIpc) is 3.52. The first-order valence-electron chi connectivity index (χ1n) is 23.1. The molecule has 0 aliphatic heterocycles. The fraction of sp³-hybridized carbons (Fsp3) is 0.170. The lowest BCUT2D eigenvalue weighted by Crippen LogP contribution is -2.20. The Bertz CT molecular complexity index is 3990. The minimum Gasteiger partial charge on any atom is -0.352 e. The number of carbonyl (C=O) groups is 3. The Morgan fingerprint density at radius 3 is 2.01 bits per heavy atom. The number of sulfone groups is 1. The Hall–Kier alpha value is -9.44. The fourth-order valence-electron chi connectivity index (χ4n) is 7.38. The number of nitrogens with one attached hydrogen (secondary N) is 5. The van der Waals surface area contributed by atoms with Crippen molar-refractivity contribution in [3.63, 3.8) is 0 Å². The number of anilines is 6. The van der Waals surface area contributed by atoms with Crippen LogP contribution in [0.1, 0.15) is 43.4 Å². The molecule has 0 saturated heterocycles. The van der Waals surface area contributed by atoms with Gasteiger partial charge in [0.2, 0.25) is 17.8 Å². The standard InChI is InChI=1S/C47H45F2N17O11S3/c1-3-78(70,71)18-6-11-41(67)53-28-8-5-9-30(22-28)63-64-33-16-14-29(23-35(33)56-45(51)69)54-47-61-43(49)60-46(62-47)52-25(2)12-17-39-57-40(59-42(48)58-39)20-26-13-15-32(34(19-26)55-44(50)68)65-66-36-24-31-27(21-38(36)80(75,76)77)7-4-10-37(31)79(72,73)74/h3-5,7-10,13-16,19,21-25H,1,6,11-12,17-18,20H2,2H3,(H,53,67)(H3,50,55,68)(H3,51,56,69)(H,72,73,74)(H,75,76,77)(H2,52,54,60,61,62). The Morgan fingerprint density at radius 1 is 0.675 bits per heavy atom. The lowest BCUT2D eigenvalue weighted by atomic mass is 10.1. The maximum atomic E-state index is 14.9.